The fourth-order valence-electron chi connectivity index (χ4n) is 4.42. The fourth-order valence-corrected chi connectivity index (χ4v) is 4.42. The summed E-state index contributed by atoms with van der Waals surface area (Å²) in [7, 11) is 0. The minimum absolute atomic E-state index is 0.200. The minimum Gasteiger partial charge on any atom is -0.480 e. The topological polar surface area (TPSA) is 110 Å². The van der Waals surface area contributed by atoms with Crippen LogP contribution in [0.2, 0.25) is 0 Å². The molecule has 1 aliphatic rings. The Morgan fingerprint density at radius 2 is 1.97 bits per heavy atom. The maximum Gasteiger partial charge on any atom is 0.326 e. The van der Waals surface area contributed by atoms with Crippen molar-refractivity contribution in [2.24, 2.45) is 5.92 Å². The predicted octanol–water partition coefficient (Wildman–Crippen LogP) is 4.26. The SMILES string of the molecule is O=C(O)[C@H](CCOC1CC(CCc2ccc3cccnc3n2)C1)Nc1ncnc2ccccc12. The van der Waals surface area contributed by atoms with Crippen molar-refractivity contribution in [3.05, 3.63) is 66.7 Å². The molecule has 3 aromatic heterocycles. The first-order chi connectivity index (χ1) is 16.7. The largest absolute Gasteiger partial charge is 0.480 e. The molecule has 1 fully saturated rings. The number of fused-ring (bicyclic) bond motifs is 2. The number of aliphatic carboxylic acids is 1. The van der Waals surface area contributed by atoms with Crippen molar-refractivity contribution in [3.63, 3.8) is 0 Å². The van der Waals surface area contributed by atoms with Crippen LogP contribution in [0.15, 0.2) is 61.1 Å². The van der Waals surface area contributed by atoms with Gasteiger partial charge in [-0.3, -0.25) is 0 Å². The van der Waals surface area contributed by atoms with Crippen LogP contribution in [0, 0.1) is 5.92 Å². The van der Waals surface area contributed by atoms with Crippen molar-refractivity contribution in [2.75, 3.05) is 11.9 Å². The molecule has 1 aromatic carbocycles. The molecule has 5 rings (SSSR count). The second-order valence-electron chi connectivity index (χ2n) is 8.78. The third kappa shape index (κ3) is 5.12. The first-order valence-corrected chi connectivity index (χ1v) is 11.7. The molecule has 0 spiro atoms. The van der Waals surface area contributed by atoms with Crippen LogP contribution in [-0.4, -0.2) is 49.8 Å². The van der Waals surface area contributed by atoms with Gasteiger partial charge < -0.3 is 15.2 Å². The van der Waals surface area contributed by atoms with E-state index < -0.39 is 12.0 Å². The normalized spacial score (nSPS) is 18.5. The molecular weight excluding hydrogens is 430 g/mol. The lowest BCUT2D eigenvalue weighted by Gasteiger charge is -2.35. The van der Waals surface area contributed by atoms with Crippen LogP contribution < -0.4 is 5.32 Å². The molecule has 0 bridgehead atoms. The van der Waals surface area contributed by atoms with Gasteiger partial charge in [0.2, 0.25) is 0 Å². The number of anilines is 1. The minimum atomic E-state index is -0.921. The molecule has 8 heteroatoms. The maximum absolute atomic E-state index is 11.8. The Morgan fingerprint density at radius 3 is 2.85 bits per heavy atom. The van der Waals surface area contributed by atoms with Gasteiger partial charge in [0.25, 0.3) is 0 Å². The number of pyridine rings is 2. The van der Waals surface area contributed by atoms with Gasteiger partial charge in [-0.15, -0.1) is 0 Å². The lowest BCUT2D eigenvalue weighted by molar-refractivity contribution is -0.138. The second kappa shape index (κ2) is 10.1. The average Bonchev–Trinajstić information content (AvgIpc) is 2.84. The number of carbonyl (C=O) groups is 1. The Kier molecular flexibility index (Phi) is 6.58. The number of carboxylic acids is 1. The third-order valence-corrected chi connectivity index (χ3v) is 6.43. The first kappa shape index (κ1) is 22.2. The standard InChI is InChI=1S/C26H27N5O3/c32-26(33)23(31-25-21-5-1-2-6-22(21)28-16-29-25)11-13-34-20-14-17(15-20)7-9-19-10-8-18-4-3-12-27-24(18)30-19/h1-6,8,10,12,16-17,20,23H,7,9,11,13-15H2,(H,32,33)(H,28,29,31)/t17?,20?,23-/m0/s1. The van der Waals surface area contributed by atoms with Crippen LogP contribution in [0.25, 0.3) is 21.9 Å². The summed E-state index contributed by atoms with van der Waals surface area (Å²) in [4.78, 5) is 29.2. The molecule has 0 aliphatic heterocycles. The summed E-state index contributed by atoms with van der Waals surface area (Å²) in [5.74, 6) is 0.223. The van der Waals surface area contributed by atoms with Crippen LogP contribution in [-0.2, 0) is 16.0 Å². The molecule has 8 nitrogen and oxygen atoms in total. The van der Waals surface area contributed by atoms with E-state index in [-0.39, 0.29) is 6.10 Å². The lowest BCUT2D eigenvalue weighted by atomic mass is 9.79. The zero-order chi connectivity index (χ0) is 23.3. The summed E-state index contributed by atoms with van der Waals surface area (Å²) in [5.41, 5.74) is 2.64. The highest BCUT2D eigenvalue weighted by atomic mass is 16.5. The van der Waals surface area contributed by atoms with E-state index in [1.54, 1.807) is 6.20 Å². The second-order valence-corrected chi connectivity index (χ2v) is 8.78. The van der Waals surface area contributed by atoms with Crippen molar-refractivity contribution >= 4 is 33.7 Å². The van der Waals surface area contributed by atoms with Crippen molar-refractivity contribution in [3.8, 4) is 0 Å². The van der Waals surface area contributed by atoms with E-state index in [4.69, 9.17) is 4.74 Å². The molecule has 1 aliphatic carbocycles. The lowest BCUT2D eigenvalue weighted by Crippen LogP contribution is -2.35. The van der Waals surface area contributed by atoms with Gasteiger partial charge in [0.15, 0.2) is 5.65 Å². The van der Waals surface area contributed by atoms with E-state index in [1.807, 2.05) is 36.4 Å². The number of nitrogens with zero attached hydrogens (tertiary/aromatic N) is 4. The zero-order valence-electron chi connectivity index (χ0n) is 18.8. The van der Waals surface area contributed by atoms with Gasteiger partial charge in [-0.25, -0.2) is 24.7 Å². The molecule has 1 atom stereocenters. The first-order valence-electron chi connectivity index (χ1n) is 11.7. The van der Waals surface area contributed by atoms with Gasteiger partial charge in [0.05, 0.1) is 11.6 Å². The van der Waals surface area contributed by atoms with Crippen molar-refractivity contribution in [1.29, 1.82) is 0 Å². The zero-order valence-corrected chi connectivity index (χ0v) is 18.8. The van der Waals surface area contributed by atoms with Crippen LogP contribution >= 0.6 is 0 Å². The Hall–Kier alpha value is -3.65. The summed E-state index contributed by atoms with van der Waals surface area (Å²) in [6, 6.07) is 14.9. The Bertz CT molecular complexity index is 1290. The average molecular weight is 458 g/mol. The van der Waals surface area contributed by atoms with E-state index in [1.165, 1.54) is 6.33 Å². The number of aryl methyl sites for hydroxylation is 1. The van der Waals surface area contributed by atoms with Crippen LogP contribution in [0.5, 0.6) is 0 Å². The van der Waals surface area contributed by atoms with E-state index in [9.17, 15) is 9.90 Å². The van der Waals surface area contributed by atoms with Gasteiger partial charge >= 0.3 is 5.97 Å². The molecule has 0 unspecified atom stereocenters. The highest BCUT2D eigenvalue weighted by molar-refractivity contribution is 5.90. The van der Waals surface area contributed by atoms with Crippen molar-refractivity contribution in [1.82, 2.24) is 19.9 Å². The van der Waals surface area contributed by atoms with Gasteiger partial charge in [0, 0.05) is 35.7 Å². The van der Waals surface area contributed by atoms with Crippen molar-refractivity contribution in [2.45, 2.75) is 44.2 Å². The monoisotopic (exact) mass is 457 g/mol. The molecule has 2 N–H and O–H groups in total. The molecule has 0 saturated heterocycles. The third-order valence-electron chi connectivity index (χ3n) is 6.43. The Morgan fingerprint density at radius 1 is 1.09 bits per heavy atom. The predicted molar refractivity (Wildman–Crippen MR) is 130 cm³/mol. The van der Waals surface area contributed by atoms with Crippen LogP contribution in [0.3, 0.4) is 0 Å². The molecule has 1 saturated carbocycles. The van der Waals surface area contributed by atoms with Crippen LogP contribution in [0.1, 0.15) is 31.4 Å². The number of hydrogen-bond acceptors (Lipinski definition) is 7. The molecule has 4 aromatic rings. The number of hydrogen-bond donors (Lipinski definition) is 2. The van der Waals surface area contributed by atoms with E-state index in [0.29, 0.717) is 24.8 Å². The summed E-state index contributed by atoms with van der Waals surface area (Å²) < 4.78 is 5.96. The smallest absolute Gasteiger partial charge is 0.326 e. The van der Waals surface area contributed by atoms with Gasteiger partial charge in [-0.05, 0) is 68.0 Å². The van der Waals surface area contributed by atoms with E-state index in [2.05, 4.69) is 37.4 Å². The molecule has 0 amide bonds. The van der Waals surface area contributed by atoms with E-state index >= 15 is 0 Å². The van der Waals surface area contributed by atoms with E-state index in [0.717, 1.165) is 53.3 Å². The summed E-state index contributed by atoms with van der Waals surface area (Å²) in [6.07, 6.45) is 7.80. The number of rotatable bonds is 10. The number of nitrogens with one attached hydrogen (secondary N) is 1. The highest BCUT2D eigenvalue weighted by Gasteiger charge is 2.30. The van der Waals surface area contributed by atoms with Crippen molar-refractivity contribution < 1.29 is 14.6 Å². The quantitative estimate of drug-likeness (QED) is 0.364. The van der Waals surface area contributed by atoms with Gasteiger partial charge in [-0.1, -0.05) is 12.1 Å². The Balaban J connectivity index is 1.06. The number of para-hydroxylation sites is 1. The van der Waals surface area contributed by atoms with Crippen LogP contribution in [0.4, 0.5) is 5.82 Å². The molecule has 3 heterocycles. The Labute approximate surface area is 197 Å². The number of benzene rings is 1. The summed E-state index contributed by atoms with van der Waals surface area (Å²) in [6.45, 7) is 0.391. The van der Waals surface area contributed by atoms with Gasteiger partial charge in [0.1, 0.15) is 18.2 Å². The summed E-state index contributed by atoms with van der Waals surface area (Å²) in [5, 5.41) is 14.6. The fraction of sp³-hybridized carbons (Fsp3) is 0.346. The molecular formula is C26H27N5O3. The number of ether oxygens (including phenoxy) is 1. The molecule has 0 radical (unpaired) electrons. The highest BCUT2D eigenvalue weighted by Crippen LogP contribution is 2.34. The number of aromatic nitrogens is 4. The molecule has 34 heavy (non-hydrogen) atoms. The van der Waals surface area contributed by atoms with Gasteiger partial charge in [-0.2, -0.15) is 0 Å². The molecule has 174 valence electrons. The maximum atomic E-state index is 11.8. The summed E-state index contributed by atoms with van der Waals surface area (Å²) >= 11 is 0. The number of carboxylic acid groups (broad SMARTS) is 1.